The maximum absolute atomic E-state index is 8.55. The molecule has 0 amide bonds. The number of rotatable bonds is 5. The van der Waals surface area contributed by atoms with Crippen LogP contribution in [0.15, 0.2) is 23.5 Å². The Morgan fingerprint density at radius 1 is 1.59 bits per heavy atom. The molecule has 17 heavy (non-hydrogen) atoms. The molecular weight excluding hydrogens is 218 g/mol. The van der Waals surface area contributed by atoms with Crippen LogP contribution in [-0.2, 0) is 0 Å². The molecule has 5 nitrogen and oxygen atoms in total. The molecule has 1 aromatic heterocycles. The van der Waals surface area contributed by atoms with Gasteiger partial charge < -0.3 is 15.7 Å². The quantitative estimate of drug-likeness (QED) is 0.352. The molecule has 0 saturated heterocycles. The summed E-state index contributed by atoms with van der Waals surface area (Å²) in [6, 6.07) is 3.45. The predicted octanol–water partition coefficient (Wildman–Crippen LogP) is 1.75. The summed E-state index contributed by atoms with van der Waals surface area (Å²) >= 11 is 0. The molecule has 1 fully saturated rings. The number of aromatic nitrogens is 1. The first-order valence-corrected chi connectivity index (χ1v) is 5.86. The Labute approximate surface area is 100 Å². The van der Waals surface area contributed by atoms with E-state index in [1.807, 2.05) is 0 Å². The third-order valence-corrected chi connectivity index (χ3v) is 3.12. The van der Waals surface area contributed by atoms with Gasteiger partial charge in [0.15, 0.2) is 5.84 Å². The van der Waals surface area contributed by atoms with Crippen molar-refractivity contribution in [3.8, 4) is 5.75 Å². The zero-order chi connectivity index (χ0) is 12.1. The Balaban J connectivity index is 1.87. The van der Waals surface area contributed by atoms with Gasteiger partial charge in [-0.05, 0) is 18.4 Å². The van der Waals surface area contributed by atoms with Gasteiger partial charge in [0.2, 0.25) is 0 Å². The third kappa shape index (κ3) is 3.09. The molecule has 0 bridgehead atoms. The molecule has 0 atom stereocenters. The Morgan fingerprint density at radius 3 is 3.06 bits per heavy atom. The number of pyridine rings is 1. The molecule has 0 radical (unpaired) electrons. The molecule has 1 aromatic rings. The van der Waals surface area contributed by atoms with Crippen LogP contribution in [0.5, 0.6) is 5.75 Å². The molecule has 2 rings (SSSR count). The van der Waals surface area contributed by atoms with E-state index >= 15 is 0 Å². The number of oxime groups is 1. The van der Waals surface area contributed by atoms with Gasteiger partial charge in [-0.2, -0.15) is 0 Å². The van der Waals surface area contributed by atoms with Gasteiger partial charge in [-0.15, -0.1) is 0 Å². The standard InChI is InChI=1S/C12H17N3O2/c13-12(15-16)11-8-10(4-6-14-11)17-7-5-9-2-1-3-9/h4,6,8-9,16H,1-3,5,7H2,(H2,13,15). The van der Waals surface area contributed by atoms with Crippen LogP contribution in [-0.4, -0.2) is 22.6 Å². The largest absolute Gasteiger partial charge is 0.493 e. The fraction of sp³-hybridized carbons (Fsp3) is 0.500. The highest BCUT2D eigenvalue weighted by molar-refractivity contribution is 5.95. The van der Waals surface area contributed by atoms with Gasteiger partial charge >= 0.3 is 0 Å². The SMILES string of the molecule is N/C(=N/O)c1cc(OCCC2CCC2)ccn1. The minimum Gasteiger partial charge on any atom is -0.493 e. The van der Waals surface area contributed by atoms with Gasteiger partial charge in [0.05, 0.1) is 6.61 Å². The second-order valence-corrected chi connectivity index (χ2v) is 4.30. The van der Waals surface area contributed by atoms with E-state index in [4.69, 9.17) is 15.7 Å². The van der Waals surface area contributed by atoms with E-state index in [1.54, 1.807) is 18.3 Å². The Kier molecular flexibility index (Phi) is 3.80. The molecule has 1 heterocycles. The van der Waals surface area contributed by atoms with Crippen molar-refractivity contribution in [3.63, 3.8) is 0 Å². The van der Waals surface area contributed by atoms with Gasteiger partial charge in [-0.3, -0.25) is 4.98 Å². The summed E-state index contributed by atoms with van der Waals surface area (Å²) in [5.74, 6) is 1.54. The summed E-state index contributed by atoms with van der Waals surface area (Å²) in [6.07, 6.45) is 6.70. The minimum atomic E-state index is -0.00515. The summed E-state index contributed by atoms with van der Waals surface area (Å²) in [4.78, 5) is 3.98. The van der Waals surface area contributed by atoms with Gasteiger partial charge in [-0.25, -0.2) is 0 Å². The first-order chi connectivity index (χ1) is 8.29. The van der Waals surface area contributed by atoms with Crippen LogP contribution in [0.2, 0.25) is 0 Å². The number of hydrogen-bond donors (Lipinski definition) is 2. The predicted molar refractivity (Wildman–Crippen MR) is 64.2 cm³/mol. The fourth-order valence-corrected chi connectivity index (χ4v) is 1.82. The number of amidine groups is 1. The lowest BCUT2D eigenvalue weighted by Crippen LogP contribution is -2.16. The van der Waals surface area contributed by atoms with E-state index in [0.29, 0.717) is 18.1 Å². The van der Waals surface area contributed by atoms with Crippen LogP contribution < -0.4 is 10.5 Å². The maximum Gasteiger partial charge on any atom is 0.188 e. The van der Waals surface area contributed by atoms with Gasteiger partial charge in [-0.1, -0.05) is 24.4 Å². The molecular formula is C12H17N3O2. The molecule has 0 unspecified atom stereocenters. The zero-order valence-corrected chi connectivity index (χ0v) is 9.67. The van der Waals surface area contributed by atoms with Crippen molar-refractivity contribution in [1.82, 2.24) is 4.98 Å². The van der Waals surface area contributed by atoms with Crippen molar-refractivity contribution in [2.75, 3.05) is 6.61 Å². The number of nitrogens with two attached hydrogens (primary N) is 1. The summed E-state index contributed by atoms with van der Waals surface area (Å²) < 4.78 is 5.62. The van der Waals surface area contributed by atoms with E-state index < -0.39 is 0 Å². The smallest absolute Gasteiger partial charge is 0.188 e. The molecule has 1 aliphatic carbocycles. The van der Waals surface area contributed by atoms with Gasteiger partial charge in [0.1, 0.15) is 11.4 Å². The molecule has 1 aliphatic rings. The van der Waals surface area contributed by atoms with Crippen molar-refractivity contribution in [3.05, 3.63) is 24.0 Å². The Bertz CT molecular complexity index is 402. The maximum atomic E-state index is 8.55. The summed E-state index contributed by atoms with van der Waals surface area (Å²) in [5.41, 5.74) is 5.88. The van der Waals surface area contributed by atoms with Crippen molar-refractivity contribution in [1.29, 1.82) is 0 Å². The van der Waals surface area contributed by atoms with Crippen molar-refractivity contribution < 1.29 is 9.94 Å². The summed E-state index contributed by atoms with van der Waals surface area (Å²) in [6.45, 7) is 0.713. The van der Waals surface area contributed by atoms with Crippen LogP contribution in [0.3, 0.4) is 0 Å². The Morgan fingerprint density at radius 2 is 2.41 bits per heavy atom. The highest BCUT2D eigenvalue weighted by atomic mass is 16.5. The number of ether oxygens (including phenoxy) is 1. The van der Waals surface area contributed by atoms with Crippen LogP contribution in [0.1, 0.15) is 31.4 Å². The molecule has 0 aromatic carbocycles. The molecule has 0 aliphatic heterocycles. The highest BCUT2D eigenvalue weighted by Gasteiger charge is 2.16. The van der Waals surface area contributed by atoms with E-state index in [2.05, 4.69) is 10.1 Å². The number of nitrogens with zero attached hydrogens (tertiary/aromatic N) is 2. The summed E-state index contributed by atoms with van der Waals surface area (Å²) in [7, 11) is 0. The lowest BCUT2D eigenvalue weighted by atomic mass is 9.83. The van der Waals surface area contributed by atoms with Crippen LogP contribution in [0.25, 0.3) is 0 Å². The van der Waals surface area contributed by atoms with E-state index in [-0.39, 0.29) is 5.84 Å². The fourth-order valence-electron chi connectivity index (χ4n) is 1.82. The monoisotopic (exact) mass is 235 g/mol. The van der Waals surface area contributed by atoms with Crippen molar-refractivity contribution in [2.45, 2.75) is 25.7 Å². The van der Waals surface area contributed by atoms with E-state index in [1.165, 1.54) is 19.3 Å². The normalized spacial score (nSPS) is 16.6. The third-order valence-electron chi connectivity index (χ3n) is 3.12. The Hall–Kier alpha value is -1.78. The second-order valence-electron chi connectivity index (χ2n) is 4.30. The molecule has 1 saturated carbocycles. The molecule has 3 N–H and O–H groups in total. The molecule has 5 heteroatoms. The van der Waals surface area contributed by atoms with Crippen LogP contribution in [0.4, 0.5) is 0 Å². The first kappa shape index (κ1) is 11.7. The zero-order valence-electron chi connectivity index (χ0n) is 9.67. The van der Waals surface area contributed by atoms with Gasteiger partial charge in [0, 0.05) is 12.3 Å². The van der Waals surface area contributed by atoms with Crippen molar-refractivity contribution in [2.24, 2.45) is 16.8 Å². The average Bonchev–Trinajstić information content (AvgIpc) is 2.32. The van der Waals surface area contributed by atoms with Gasteiger partial charge in [0.25, 0.3) is 0 Å². The molecule has 92 valence electrons. The van der Waals surface area contributed by atoms with Crippen LogP contribution in [0, 0.1) is 5.92 Å². The first-order valence-electron chi connectivity index (χ1n) is 5.86. The summed E-state index contributed by atoms with van der Waals surface area (Å²) in [5, 5.41) is 11.5. The number of hydrogen-bond acceptors (Lipinski definition) is 4. The lowest BCUT2D eigenvalue weighted by molar-refractivity contribution is 0.222. The van der Waals surface area contributed by atoms with Crippen molar-refractivity contribution >= 4 is 5.84 Å². The van der Waals surface area contributed by atoms with E-state index in [0.717, 1.165) is 12.3 Å². The highest BCUT2D eigenvalue weighted by Crippen LogP contribution is 2.29. The molecule has 0 spiro atoms. The minimum absolute atomic E-state index is 0.00515. The second kappa shape index (κ2) is 5.52. The van der Waals surface area contributed by atoms with E-state index in [9.17, 15) is 0 Å². The topological polar surface area (TPSA) is 80.7 Å². The lowest BCUT2D eigenvalue weighted by Gasteiger charge is -2.24. The average molecular weight is 235 g/mol. The van der Waals surface area contributed by atoms with Crippen LogP contribution >= 0.6 is 0 Å².